The van der Waals surface area contributed by atoms with Gasteiger partial charge in [0.05, 0.1) is 0 Å². The molecular weight excluding hydrogens is 144 g/mol. The highest BCUT2D eigenvalue weighted by Crippen LogP contribution is 2.40. The Labute approximate surface area is 73.9 Å². The molecule has 0 heteroatoms. The fourth-order valence-corrected chi connectivity index (χ4v) is 1.53. The maximum atomic E-state index is 2.30. The summed E-state index contributed by atoms with van der Waals surface area (Å²) in [5, 5.41) is 0. The van der Waals surface area contributed by atoms with Crippen molar-refractivity contribution in [2.45, 2.75) is 25.7 Å². The first-order valence-electron chi connectivity index (χ1n) is 4.63. The third-order valence-corrected chi connectivity index (χ3v) is 2.32. The lowest BCUT2D eigenvalue weighted by Gasteiger charge is -1.98. The summed E-state index contributed by atoms with van der Waals surface area (Å²) in [6, 6.07) is 8.86. The summed E-state index contributed by atoms with van der Waals surface area (Å²) in [5.41, 5.74) is 2.85. The zero-order valence-corrected chi connectivity index (χ0v) is 7.46. The van der Waals surface area contributed by atoms with Crippen LogP contribution >= 0.6 is 0 Å². The molecule has 0 radical (unpaired) electrons. The Morgan fingerprint density at radius 3 is 2.83 bits per heavy atom. The Hall–Kier alpha value is -1.04. The fourth-order valence-electron chi connectivity index (χ4n) is 1.53. The Kier molecular flexibility index (Phi) is 1.99. The Morgan fingerprint density at radius 2 is 2.17 bits per heavy atom. The maximum Gasteiger partial charge on any atom is -0.0161 e. The second-order valence-corrected chi connectivity index (χ2v) is 3.44. The van der Waals surface area contributed by atoms with Crippen LogP contribution in [0, 0.1) is 0 Å². The highest BCUT2D eigenvalue weighted by atomic mass is 14.3. The van der Waals surface area contributed by atoms with E-state index in [1.165, 1.54) is 24.0 Å². The van der Waals surface area contributed by atoms with E-state index in [-0.39, 0.29) is 0 Å². The second-order valence-electron chi connectivity index (χ2n) is 3.44. The molecule has 0 amide bonds. The molecule has 0 saturated heterocycles. The van der Waals surface area contributed by atoms with Gasteiger partial charge in [-0.1, -0.05) is 36.4 Å². The van der Waals surface area contributed by atoms with Crippen LogP contribution < -0.4 is 0 Å². The monoisotopic (exact) mass is 158 g/mol. The van der Waals surface area contributed by atoms with E-state index < -0.39 is 0 Å². The van der Waals surface area contributed by atoms with E-state index in [0.717, 1.165) is 5.92 Å². The average molecular weight is 158 g/mol. The largest absolute Gasteiger partial charge is 0.0871 e. The maximum absolute atomic E-state index is 2.30. The molecular formula is C12H14. The Bertz CT molecular complexity index is 293. The van der Waals surface area contributed by atoms with Crippen molar-refractivity contribution in [3.8, 4) is 0 Å². The predicted octanol–water partition coefficient (Wildman–Crippen LogP) is 3.60. The fraction of sp³-hybridized carbons (Fsp3) is 0.333. The highest BCUT2D eigenvalue weighted by Gasteiger charge is 2.22. The van der Waals surface area contributed by atoms with Crippen LogP contribution in [0.1, 0.15) is 36.8 Å². The molecule has 1 saturated carbocycles. The molecule has 0 heterocycles. The standard InChI is InChI=1S/C12H14/c1-2-4-10-5-3-6-12(9-10)11-7-8-11/h2-6,9,11H,7-8H2,1H3/b4-2+. The lowest BCUT2D eigenvalue weighted by molar-refractivity contribution is 1.13. The van der Waals surface area contributed by atoms with Gasteiger partial charge in [-0.25, -0.2) is 0 Å². The van der Waals surface area contributed by atoms with Gasteiger partial charge in [0.25, 0.3) is 0 Å². The van der Waals surface area contributed by atoms with Crippen molar-refractivity contribution in [3.05, 3.63) is 41.5 Å². The molecule has 2 rings (SSSR count). The molecule has 0 N–H and O–H groups in total. The van der Waals surface area contributed by atoms with Gasteiger partial charge >= 0.3 is 0 Å². The number of allylic oxidation sites excluding steroid dienone is 1. The van der Waals surface area contributed by atoms with Gasteiger partial charge in [0, 0.05) is 0 Å². The van der Waals surface area contributed by atoms with Gasteiger partial charge in [-0.15, -0.1) is 0 Å². The first-order chi connectivity index (χ1) is 5.90. The molecule has 0 aliphatic heterocycles. The van der Waals surface area contributed by atoms with Crippen LogP contribution in [-0.4, -0.2) is 0 Å². The van der Waals surface area contributed by atoms with Crippen LogP contribution in [0.4, 0.5) is 0 Å². The number of hydrogen-bond acceptors (Lipinski definition) is 0. The average Bonchev–Trinajstić information content (AvgIpc) is 2.88. The topological polar surface area (TPSA) is 0 Å². The summed E-state index contributed by atoms with van der Waals surface area (Å²) in [6.07, 6.45) is 7.02. The molecule has 1 aliphatic carbocycles. The van der Waals surface area contributed by atoms with Crippen LogP contribution in [0.25, 0.3) is 6.08 Å². The molecule has 1 aliphatic rings. The van der Waals surface area contributed by atoms with Crippen molar-refractivity contribution in [1.82, 2.24) is 0 Å². The summed E-state index contributed by atoms with van der Waals surface area (Å²) in [5.74, 6) is 0.871. The van der Waals surface area contributed by atoms with Gasteiger partial charge < -0.3 is 0 Å². The zero-order chi connectivity index (χ0) is 8.39. The number of hydrogen-bond donors (Lipinski definition) is 0. The van der Waals surface area contributed by atoms with Crippen molar-refractivity contribution in [1.29, 1.82) is 0 Å². The van der Waals surface area contributed by atoms with E-state index in [9.17, 15) is 0 Å². The van der Waals surface area contributed by atoms with Gasteiger partial charge in [-0.05, 0) is 36.8 Å². The predicted molar refractivity (Wildman–Crippen MR) is 53.1 cm³/mol. The van der Waals surface area contributed by atoms with Gasteiger partial charge in [0.2, 0.25) is 0 Å². The van der Waals surface area contributed by atoms with Gasteiger partial charge in [0.1, 0.15) is 0 Å². The molecule has 62 valence electrons. The molecule has 0 atom stereocenters. The van der Waals surface area contributed by atoms with Crippen LogP contribution in [0.5, 0.6) is 0 Å². The van der Waals surface area contributed by atoms with E-state index >= 15 is 0 Å². The molecule has 0 nitrogen and oxygen atoms in total. The minimum atomic E-state index is 0.871. The SMILES string of the molecule is C/C=C/c1cccc(C2CC2)c1. The van der Waals surface area contributed by atoms with Crippen molar-refractivity contribution in [2.24, 2.45) is 0 Å². The Morgan fingerprint density at radius 1 is 1.33 bits per heavy atom. The molecule has 0 unspecified atom stereocenters. The van der Waals surface area contributed by atoms with E-state index in [0.29, 0.717) is 0 Å². The summed E-state index contributed by atoms with van der Waals surface area (Å²) < 4.78 is 0. The zero-order valence-electron chi connectivity index (χ0n) is 7.46. The lowest BCUT2D eigenvalue weighted by Crippen LogP contribution is -1.79. The van der Waals surface area contributed by atoms with E-state index in [1.54, 1.807) is 0 Å². The first kappa shape index (κ1) is 7.60. The number of rotatable bonds is 2. The van der Waals surface area contributed by atoms with E-state index in [4.69, 9.17) is 0 Å². The Balaban J connectivity index is 2.26. The summed E-state index contributed by atoms with van der Waals surface area (Å²) in [6.45, 7) is 2.06. The van der Waals surface area contributed by atoms with Crippen LogP contribution in [0.2, 0.25) is 0 Å². The summed E-state index contributed by atoms with van der Waals surface area (Å²) >= 11 is 0. The van der Waals surface area contributed by atoms with Crippen LogP contribution in [-0.2, 0) is 0 Å². The third-order valence-electron chi connectivity index (χ3n) is 2.32. The van der Waals surface area contributed by atoms with Crippen molar-refractivity contribution in [3.63, 3.8) is 0 Å². The van der Waals surface area contributed by atoms with Crippen molar-refractivity contribution in [2.75, 3.05) is 0 Å². The highest BCUT2D eigenvalue weighted by molar-refractivity contribution is 5.50. The van der Waals surface area contributed by atoms with Crippen molar-refractivity contribution >= 4 is 6.08 Å². The minimum Gasteiger partial charge on any atom is -0.0871 e. The van der Waals surface area contributed by atoms with Gasteiger partial charge in [-0.3, -0.25) is 0 Å². The molecule has 0 aromatic heterocycles. The first-order valence-corrected chi connectivity index (χ1v) is 4.63. The van der Waals surface area contributed by atoms with Gasteiger partial charge in [0.15, 0.2) is 0 Å². The minimum absolute atomic E-state index is 0.871. The molecule has 1 fully saturated rings. The van der Waals surface area contributed by atoms with Crippen LogP contribution in [0.15, 0.2) is 30.3 Å². The summed E-state index contributed by atoms with van der Waals surface area (Å²) in [7, 11) is 0. The van der Waals surface area contributed by atoms with Gasteiger partial charge in [-0.2, -0.15) is 0 Å². The summed E-state index contributed by atoms with van der Waals surface area (Å²) in [4.78, 5) is 0. The third kappa shape index (κ3) is 1.58. The molecule has 0 bridgehead atoms. The normalized spacial score (nSPS) is 17.1. The van der Waals surface area contributed by atoms with E-state index in [1.807, 2.05) is 0 Å². The van der Waals surface area contributed by atoms with Crippen LogP contribution in [0.3, 0.4) is 0 Å². The van der Waals surface area contributed by atoms with E-state index in [2.05, 4.69) is 43.3 Å². The molecule has 0 spiro atoms. The smallest absolute Gasteiger partial charge is 0.0161 e. The molecule has 12 heavy (non-hydrogen) atoms. The molecule has 1 aromatic carbocycles. The lowest BCUT2D eigenvalue weighted by atomic mass is 10.1. The quantitative estimate of drug-likeness (QED) is 0.617. The molecule has 1 aromatic rings. The second kappa shape index (κ2) is 3.14. The van der Waals surface area contributed by atoms with Crippen molar-refractivity contribution < 1.29 is 0 Å². The number of benzene rings is 1.